The third kappa shape index (κ3) is 6.82. The van der Waals surface area contributed by atoms with E-state index < -0.39 is 5.97 Å². The largest absolute Gasteiger partial charge is 0.477 e. The first-order chi connectivity index (χ1) is 9.09. The van der Waals surface area contributed by atoms with Gasteiger partial charge in [0, 0.05) is 5.02 Å². The second kappa shape index (κ2) is 8.53. The molecule has 1 N–H and O–H groups in total. The van der Waals surface area contributed by atoms with E-state index in [0.717, 1.165) is 30.7 Å². The number of unbranched alkanes of at least 4 members (excludes halogenated alkanes) is 2. The Labute approximate surface area is 118 Å². The maximum absolute atomic E-state index is 10.4. The Hall–Kier alpha value is -1.55. The predicted octanol–water partition coefficient (Wildman–Crippen LogP) is 3.53. The highest BCUT2D eigenvalue weighted by Crippen LogP contribution is 2.12. The first-order valence-electron chi connectivity index (χ1n) is 6.24. The van der Waals surface area contributed by atoms with Gasteiger partial charge in [-0.05, 0) is 50.3 Å². The number of rotatable bonds is 8. The maximum atomic E-state index is 10.4. The third-order valence-electron chi connectivity index (χ3n) is 2.63. The fourth-order valence-electron chi connectivity index (χ4n) is 1.51. The van der Waals surface area contributed by atoms with Crippen molar-refractivity contribution in [3.63, 3.8) is 0 Å². The van der Waals surface area contributed by atoms with Gasteiger partial charge in [-0.25, -0.2) is 4.79 Å². The lowest BCUT2D eigenvalue weighted by Crippen LogP contribution is -2.08. The van der Waals surface area contributed by atoms with Crippen molar-refractivity contribution in [1.29, 1.82) is 0 Å². The molecule has 0 aliphatic heterocycles. The van der Waals surface area contributed by atoms with Crippen molar-refractivity contribution in [2.75, 3.05) is 6.61 Å². The molecule has 104 valence electrons. The summed E-state index contributed by atoms with van der Waals surface area (Å²) in [4.78, 5) is 15.3. The standard InChI is InChI=1S/C14H18ClNO3/c1-11(14(17)18)16-19-10-4-2-3-5-12-6-8-13(15)9-7-12/h6-9H,2-5,10H2,1H3,(H,17,18)/b16-11+. The van der Waals surface area contributed by atoms with E-state index in [9.17, 15) is 4.79 Å². The topological polar surface area (TPSA) is 58.9 Å². The Morgan fingerprint density at radius 2 is 1.95 bits per heavy atom. The van der Waals surface area contributed by atoms with Crippen LogP contribution in [0.4, 0.5) is 0 Å². The Bertz CT molecular complexity index is 429. The van der Waals surface area contributed by atoms with Gasteiger partial charge in [0.15, 0.2) is 5.71 Å². The number of hydrogen-bond acceptors (Lipinski definition) is 3. The molecule has 0 radical (unpaired) electrons. The van der Waals surface area contributed by atoms with E-state index in [1.807, 2.05) is 24.3 Å². The van der Waals surface area contributed by atoms with E-state index in [2.05, 4.69) is 5.16 Å². The molecule has 1 aromatic carbocycles. The van der Waals surface area contributed by atoms with Crippen LogP contribution in [-0.2, 0) is 16.1 Å². The molecule has 19 heavy (non-hydrogen) atoms. The number of nitrogens with zero attached hydrogens (tertiary/aromatic N) is 1. The van der Waals surface area contributed by atoms with Gasteiger partial charge < -0.3 is 9.94 Å². The van der Waals surface area contributed by atoms with Gasteiger partial charge in [0.2, 0.25) is 0 Å². The molecule has 0 atom stereocenters. The molecule has 0 aliphatic rings. The van der Waals surface area contributed by atoms with Crippen LogP contribution < -0.4 is 0 Å². The van der Waals surface area contributed by atoms with Crippen LogP contribution in [0.5, 0.6) is 0 Å². The number of carbonyl (C=O) groups is 1. The average Bonchev–Trinajstić information content (AvgIpc) is 2.39. The summed E-state index contributed by atoms with van der Waals surface area (Å²) in [5.41, 5.74) is 1.24. The maximum Gasteiger partial charge on any atom is 0.353 e. The monoisotopic (exact) mass is 283 g/mol. The minimum Gasteiger partial charge on any atom is -0.477 e. The summed E-state index contributed by atoms with van der Waals surface area (Å²) in [6.07, 6.45) is 3.95. The van der Waals surface area contributed by atoms with E-state index in [1.165, 1.54) is 12.5 Å². The molecule has 4 nitrogen and oxygen atoms in total. The highest BCUT2D eigenvalue weighted by Gasteiger charge is 2.01. The molecule has 0 saturated carbocycles. The molecule has 0 bridgehead atoms. The molecule has 0 spiro atoms. The van der Waals surface area contributed by atoms with Crippen LogP contribution in [0.15, 0.2) is 29.4 Å². The number of oxime groups is 1. The molecule has 0 aromatic heterocycles. The van der Waals surface area contributed by atoms with Crippen LogP contribution in [0.1, 0.15) is 31.7 Å². The molecule has 5 heteroatoms. The highest BCUT2D eigenvalue weighted by molar-refractivity contribution is 6.34. The SMILES string of the molecule is C/C(=N\OCCCCCc1ccc(Cl)cc1)C(=O)O. The Kier molecular flexibility index (Phi) is 6.97. The quantitative estimate of drug-likeness (QED) is 0.451. The number of hydrogen-bond donors (Lipinski definition) is 1. The van der Waals surface area contributed by atoms with E-state index in [1.54, 1.807) is 0 Å². The van der Waals surface area contributed by atoms with Gasteiger partial charge in [0.25, 0.3) is 0 Å². The van der Waals surface area contributed by atoms with Crippen molar-refractivity contribution in [2.24, 2.45) is 5.16 Å². The first-order valence-corrected chi connectivity index (χ1v) is 6.61. The van der Waals surface area contributed by atoms with E-state index >= 15 is 0 Å². The van der Waals surface area contributed by atoms with Gasteiger partial charge in [-0.3, -0.25) is 0 Å². The van der Waals surface area contributed by atoms with Crippen molar-refractivity contribution >= 4 is 23.3 Å². The zero-order chi connectivity index (χ0) is 14.1. The normalized spacial score (nSPS) is 11.4. The molecule has 0 saturated heterocycles. The minimum absolute atomic E-state index is 0.0267. The van der Waals surface area contributed by atoms with Gasteiger partial charge >= 0.3 is 5.97 Å². The molecule has 0 amide bonds. The number of carboxylic acids is 1. The lowest BCUT2D eigenvalue weighted by atomic mass is 10.1. The Morgan fingerprint density at radius 1 is 1.26 bits per heavy atom. The molecule has 0 fully saturated rings. The number of halogens is 1. The number of carboxylic acid groups (broad SMARTS) is 1. The zero-order valence-corrected chi connectivity index (χ0v) is 11.7. The fraction of sp³-hybridized carbons (Fsp3) is 0.429. The number of aliphatic carboxylic acids is 1. The van der Waals surface area contributed by atoms with E-state index in [-0.39, 0.29) is 5.71 Å². The summed E-state index contributed by atoms with van der Waals surface area (Å²) in [5.74, 6) is -1.05. The van der Waals surface area contributed by atoms with Crippen LogP contribution in [-0.4, -0.2) is 23.4 Å². The summed E-state index contributed by atoms with van der Waals surface area (Å²) in [6, 6.07) is 7.84. The van der Waals surface area contributed by atoms with Gasteiger partial charge in [0.1, 0.15) is 6.61 Å². The zero-order valence-electron chi connectivity index (χ0n) is 10.9. The van der Waals surface area contributed by atoms with Gasteiger partial charge in [-0.1, -0.05) is 28.9 Å². The summed E-state index contributed by atoms with van der Waals surface area (Å²) < 4.78 is 0. The van der Waals surface area contributed by atoms with Crippen molar-refractivity contribution in [2.45, 2.75) is 32.6 Å². The molecule has 0 unspecified atom stereocenters. The van der Waals surface area contributed by atoms with Crippen molar-refractivity contribution in [1.82, 2.24) is 0 Å². The van der Waals surface area contributed by atoms with Crippen molar-refractivity contribution in [3.8, 4) is 0 Å². The summed E-state index contributed by atoms with van der Waals surface area (Å²) in [6.45, 7) is 1.86. The summed E-state index contributed by atoms with van der Waals surface area (Å²) in [7, 11) is 0. The van der Waals surface area contributed by atoms with Crippen molar-refractivity contribution < 1.29 is 14.7 Å². The third-order valence-corrected chi connectivity index (χ3v) is 2.88. The van der Waals surface area contributed by atoms with Gasteiger partial charge in [-0.15, -0.1) is 0 Å². The highest BCUT2D eigenvalue weighted by atomic mass is 35.5. The molecule has 1 rings (SSSR count). The van der Waals surface area contributed by atoms with Crippen molar-refractivity contribution in [3.05, 3.63) is 34.9 Å². The minimum atomic E-state index is -1.05. The summed E-state index contributed by atoms with van der Waals surface area (Å²) >= 11 is 5.81. The van der Waals surface area contributed by atoms with Crippen LogP contribution in [0.2, 0.25) is 5.02 Å². The molecule has 1 aromatic rings. The average molecular weight is 284 g/mol. The second-order valence-corrected chi connectivity index (χ2v) is 4.69. The lowest BCUT2D eigenvalue weighted by molar-refractivity contribution is -0.129. The summed E-state index contributed by atoms with van der Waals surface area (Å²) in [5, 5.41) is 12.8. The van der Waals surface area contributed by atoms with E-state index in [4.69, 9.17) is 21.5 Å². The molecule has 0 heterocycles. The van der Waals surface area contributed by atoms with Crippen LogP contribution in [0, 0.1) is 0 Å². The molecule has 0 aliphatic carbocycles. The number of benzene rings is 1. The number of aryl methyl sites for hydroxylation is 1. The lowest BCUT2D eigenvalue weighted by Gasteiger charge is -2.02. The van der Waals surface area contributed by atoms with Crippen LogP contribution >= 0.6 is 11.6 Å². The molecular weight excluding hydrogens is 266 g/mol. The fourth-order valence-corrected chi connectivity index (χ4v) is 1.63. The Morgan fingerprint density at radius 3 is 2.58 bits per heavy atom. The first kappa shape index (κ1) is 15.5. The second-order valence-electron chi connectivity index (χ2n) is 4.25. The van der Waals surface area contributed by atoms with Crippen LogP contribution in [0.25, 0.3) is 0 Å². The Balaban J connectivity index is 2.07. The van der Waals surface area contributed by atoms with Gasteiger partial charge in [-0.2, -0.15) is 0 Å². The smallest absolute Gasteiger partial charge is 0.353 e. The molecular formula is C14H18ClNO3. The van der Waals surface area contributed by atoms with E-state index in [0.29, 0.717) is 6.61 Å². The van der Waals surface area contributed by atoms with Gasteiger partial charge in [0.05, 0.1) is 0 Å². The van der Waals surface area contributed by atoms with Crippen LogP contribution in [0.3, 0.4) is 0 Å². The predicted molar refractivity (Wildman–Crippen MR) is 75.7 cm³/mol.